The molecule has 1 heterocycles. The first-order valence-corrected chi connectivity index (χ1v) is 4.63. The third-order valence-corrected chi connectivity index (χ3v) is 2.43. The van der Waals surface area contributed by atoms with Gasteiger partial charge in [-0.15, -0.1) is 0 Å². The monoisotopic (exact) mass is 241 g/mol. The maximum atomic E-state index is 13.3. The Morgan fingerprint density at radius 3 is 2.06 bits per heavy atom. The minimum atomic E-state index is -1.63. The van der Waals surface area contributed by atoms with Crippen LogP contribution in [0.4, 0.5) is 18.9 Å². The molecule has 2 rings (SSSR count). The van der Waals surface area contributed by atoms with Crippen LogP contribution in [0.5, 0.6) is 0 Å². The number of benzene rings is 1. The Balaban J connectivity index is 2.61. The minimum absolute atomic E-state index is 0.290. The molecule has 2 amide bonds. The molecule has 0 saturated heterocycles. The predicted molar refractivity (Wildman–Crippen MR) is 52.7 cm³/mol. The first-order valence-electron chi connectivity index (χ1n) is 4.63. The van der Waals surface area contributed by atoms with E-state index >= 15 is 0 Å². The van der Waals surface area contributed by atoms with Gasteiger partial charge in [0.1, 0.15) is 0 Å². The second-order valence-electron chi connectivity index (χ2n) is 3.48. The number of rotatable bonds is 1. The number of imide groups is 1. The summed E-state index contributed by atoms with van der Waals surface area (Å²) in [4.78, 5) is 23.2. The highest BCUT2D eigenvalue weighted by Crippen LogP contribution is 2.28. The molecule has 88 valence electrons. The average Bonchev–Trinajstić information content (AvgIpc) is 2.61. The molecule has 0 aromatic heterocycles. The molecule has 0 saturated carbocycles. The molecule has 6 heteroatoms. The number of anilines is 1. The van der Waals surface area contributed by atoms with Gasteiger partial charge in [-0.2, -0.15) is 0 Å². The molecule has 0 radical (unpaired) electrons. The number of amides is 2. The summed E-state index contributed by atoms with van der Waals surface area (Å²) < 4.78 is 39.2. The topological polar surface area (TPSA) is 37.4 Å². The Hall–Kier alpha value is -2.11. The standard InChI is InChI=1S/C11H6F3NO2/c1-5-7(4-6(12)11(14)10(5)13)15-8(16)2-3-9(15)17/h2-4H,1H3. The summed E-state index contributed by atoms with van der Waals surface area (Å²) in [7, 11) is 0. The van der Waals surface area contributed by atoms with E-state index in [9.17, 15) is 22.8 Å². The van der Waals surface area contributed by atoms with E-state index in [1.54, 1.807) is 0 Å². The fourth-order valence-corrected chi connectivity index (χ4v) is 1.54. The maximum Gasteiger partial charge on any atom is 0.258 e. The van der Waals surface area contributed by atoms with Crippen molar-refractivity contribution in [3.05, 3.63) is 41.2 Å². The Kier molecular flexibility index (Phi) is 2.49. The zero-order chi connectivity index (χ0) is 12.7. The van der Waals surface area contributed by atoms with Gasteiger partial charge in [0, 0.05) is 23.8 Å². The lowest BCUT2D eigenvalue weighted by atomic mass is 10.1. The zero-order valence-electron chi connectivity index (χ0n) is 8.63. The van der Waals surface area contributed by atoms with Crippen molar-refractivity contribution < 1.29 is 22.8 Å². The smallest absolute Gasteiger partial charge is 0.258 e. The molecule has 1 aliphatic heterocycles. The highest BCUT2D eigenvalue weighted by molar-refractivity contribution is 6.28. The Labute approximate surface area is 94.1 Å². The third kappa shape index (κ3) is 1.61. The number of hydrogen-bond donors (Lipinski definition) is 0. The first-order chi connectivity index (χ1) is 7.93. The van der Waals surface area contributed by atoms with Crippen molar-refractivity contribution in [2.24, 2.45) is 0 Å². The molecule has 1 aromatic carbocycles. The van der Waals surface area contributed by atoms with Crippen molar-refractivity contribution in [1.82, 2.24) is 0 Å². The summed E-state index contributed by atoms with van der Waals surface area (Å²) in [6.45, 7) is 1.16. The SMILES string of the molecule is Cc1c(N2C(=O)C=CC2=O)cc(F)c(F)c1F. The van der Waals surface area contributed by atoms with Crippen molar-refractivity contribution in [2.45, 2.75) is 6.92 Å². The van der Waals surface area contributed by atoms with Crippen LogP contribution in [0, 0.1) is 24.4 Å². The predicted octanol–water partition coefficient (Wildman–Crippen LogP) is 1.84. The van der Waals surface area contributed by atoms with Gasteiger partial charge >= 0.3 is 0 Å². The molecule has 0 spiro atoms. The molecule has 0 aliphatic carbocycles. The van der Waals surface area contributed by atoms with E-state index in [1.165, 1.54) is 0 Å². The van der Waals surface area contributed by atoms with Gasteiger partial charge in [0.05, 0.1) is 5.69 Å². The van der Waals surface area contributed by atoms with E-state index in [4.69, 9.17) is 0 Å². The second kappa shape index (κ2) is 3.73. The highest BCUT2D eigenvalue weighted by Gasteiger charge is 2.29. The largest absolute Gasteiger partial charge is 0.269 e. The molecule has 17 heavy (non-hydrogen) atoms. The van der Waals surface area contributed by atoms with E-state index in [2.05, 4.69) is 0 Å². The number of carbonyl (C=O) groups is 2. The van der Waals surface area contributed by atoms with Crippen molar-refractivity contribution in [1.29, 1.82) is 0 Å². The van der Waals surface area contributed by atoms with Crippen molar-refractivity contribution in [2.75, 3.05) is 4.90 Å². The van der Waals surface area contributed by atoms with E-state index < -0.39 is 29.3 Å². The van der Waals surface area contributed by atoms with Crippen molar-refractivity contribution in [3.63, 3.8) is 0 Å². The van der Waals surface area contributed by atoms with Gasteiger partial charge in [-0.25, -0.2) is 18.1 Å². The lowest BCUT2D eigenvalue weighted by molar-refractivity contribution is -0.119. The Morgan fingerprint density at radius 2 is 1.53 bits per heavy atom. The van der Waals surface area contributed by atoms with E-state index in [1.807, 2.05) is 0 Å². The average molecular weight is 241 g/mol. The fourth-order valence-electron chi connectivity index (χ4n) is 1.54. The number of halogens is 3. The van der Waals surface area contributed by atoms with Crippen LogP contribution in [-0.2, 0) is 9.59 Å². The van der Waals surface area contributed by atoms with E-state index in [0.717, 1.165) is 19.1 Å². The summed E-state index contributed by atoms with van der Waals surface area (Å²) in [6, 6.07) is 0.622. The van der Waals surface area contributed by atoms with Gasteiger partial charge in [0.25, 0.3) is 11.8 Å². The van der Waals surface area contributed by atoms with Crippen LogP contribution >= 0.6 is 0 Å². The molecule has 0 atom stereocenters. The quantitative estimate of drug-likeness (QED) is 0.555. The molecule has 0 fully saturated rings. The van der Waals surface area contributed by atoms with Crippen LogP contribution in [0.3, 0.4) is 0 Å². The summed E-state index contributed by atoms with van der Waals surface area (Å²) >= 11 is 0. The Bertz CT molecular complexity index is 548. The molecule has 1 aliphatic rings. The molecule has 0 bridgehead atoms. The summed E-state index contributed by atoms with van der Waals surface area (Å²) in [5.41, 5.74) is -0.587. The van der Waals surface area contributed by atoms with Gasteiger partial charge in [0.2, 0.25) is 0 Å². The van der Waals surface area contributed by atoms with Crippen molar-refractivity contribution >= 4 is 17.5 Å². The zero-order valence-corrected chi connectivity index (χ0v) is 8.63. The van der Waals surface area contributed by atoms with E-state index in [-0.39, 0.29) is 11.3 Å². The normalized spacial score (nSPS) is 14.9. The van der Waals surface area contributed by atoms with E-state index in [0.29, 0.717) is 11.0 Å². The van der Waals surface area contributed by atoms with Crippen LogP contribution in [0.25, 0.3) is 0 Å². The number of nitrogens with zero attached hydrogens (tertiary/aromatic N) is 1. The third-order valence-electron chi connectivity index (χ3n) is 2.43. The molecule has 1 aromatic rings. The van der Waals surface area contributed by atoms with Crippen LogP contribution in [0.2, 0.25) is 0 Å². The lowest BCUT2D eigenvalue weighted by Gasteiger charge is -2.17. The maximum absolute atomic E-state index is 13.3. The first kappa shape index (κ1) is 11.4. The van der Waals surface area contributed by atoms with Gasteiger partial charge in [0.15, 0.2) is 17.5 Å². The molecular formula is C11H6F3NO2. The number of hydrogen-bond acceptors (Lipinski definition) is 2. The molecule has 3 nitrogen and oxygen atoms in total. The molecule has 0 unspecified atom stereocenters. The van der Waals surface area contributed by atoms with Crippen LogP contribution in [0.1, 0.15) is 5.56 Å². The van der Waals surface area contributed by atoms with Crippen molar-refractivity contribution in [3.8, 4) is 0 Å². The summed E-state index contributed by atoms with van der Waals surface area (Å²) in [6.07, 6.45) is 1.95. The minimum Gasteiger partial charge on any atom is -0.269 e. The van der Waals surface area contributed by atoms with Gasteiger partial charge in [-0.3, -0.25) is 9.59 Å². The summed E-state index contributed by atoms with van der Waals surface area (Å²) in [5, 5.41) is 0. The lowest BCUT2D eigenvalue weighted by Crippen LogP contribution is -2.30. The summed E-state index contributed by atoms with van der Waals surface area (Å²) in [5.74, 6) is -5.92. The number of carbonyl (C=O) groups excluding carboxylic acids is 2. The Morgan fingerprint density at radius 1 is 1.00 bits per heavy atom. The van der Waals surface area contributed by atoms with Gasteiger partial charge in [-0.05, 0) is 6.92 Å². The fraction of sp³-hybridized carbons (Fsp3) is 0.0909. The van der Waals surface area contributed by atoms with Gasteiger partial charge < -0.3 is 0 Å². The molecule has 0 N–H and O–H groups in total. The van der Waals surface area contributed by atoms with Crippen LogP contribution in [0.15, 0.2) is 18.2 Å². The van der Waals surface area contributed by atoms with Crippen LogP contribution < -0.4 is 4.90 Å². The second-order valence-corrected chi connectivity index (χ2v) is 3.48. The van der Waals surface area contributed by atoms with Crippen LogP contribution in [-0.4, -0.2) is 11.8 Å². The molecular weight excluding hydrogens is 235 g/mol. The van der Waals surface area contributed by atoms with Gasteiger partial charge in [-0.1, -0.05) is 0 Å². The highest BCUT2D eigenvalue weighted by atomic mass is 19.2.